The molecule has 0 bridgehead atoms. The molecule has 0 atom stereocenters. The Balaban J connectivity index is 1.61. The number of amides is 2. The molecule has 118 valence electrons. The van der Waals surface area contributed by atoms with Crippen LogP contribution in [0, 0.1) is 0 Å². The number of nitrogens with one attached hydrogen (secondary N) is 2. The first-order chi connectivity index (χ1) is 11.1. The number of rotatable bonds is 5. The number of carbonyl (C=O) groups excluding carboxylic acids is 2. The van der Waals surface area contributed by atoms with Gasteiger partial charge in [0.1, 0.15) is 6.54 Å². The molecular formula is C14H14N6O2S. The van der Waals surface area contributed by atoms with Gasteiger partial charge in [0, 0.05) is 6.42 Å². The number of thiazole rings is 1. The molecular weight excluding hydrogens is 316 g/mol. The quantitative estimate of drug-likeness (QED) is 0.743. The minimum absolute atomic E-state index is 0.00901. The van der Waals surface area contributed by atoms with E-state index in [9.17, 15) is 9.59 Å². The molecule has 2 aromatic heterocycles. The molecule has 0 unspecified atom stereocenters. The molecule has 0 radical (unpaired) electrons. The maximum Gasteiger partial charge on any atom is 0.247 e. The highest BCUT2D eigenvalue weighted by Gasteiger charge is 2.10. The molecule has 2 N–H and O–H groups in total. The second-order valence-corrected chi connectivity index (χ2v) is 5.77. The summed E-state index contributed by atoms with van der Waals surface area (Å²) in [6.45, 7) is 1.73. The van der Waals surface area contributed by atoms with Crippen molar-refractivity contribution in [3.8, 4) is 0 Å². The van der Waals surface area contributed by atoms with Crippen LogP contribution < -0.4 is 10.6 Å². The van der Waals surface area contributed by atoms with Crippen LogP contribution in [-0.2, 0) is 16.1 Å². The summed E-state index contributed by atoms with van der Waals surface area (Å²) in [4.78, 5) is 27.6. The summed E-state index contributed by atoms with van der Waals surface area (Å²) in [6.07, 6.45) is 1.86. The lowest BCUT2D eigenvalue weighted by Crippen LogP contribution is -2.19. The molecule has 0 fully saturated rings. The van der Waals surface area contributed by atoms with Gasteiger partial charge in [0.05, 0.1) is 16.4 Å². The number of nitrogens with zero attached hydrogens (tertiary/aromatic N) is 4. The largest absolute Gasteiger partial charge is 0.308 e. The van der Waals surface area contributed by atoms with Crippen molar-refractivity contribution in [1.82, 2.24) is 20.0 Å². The highest BCUT2D eigenvalue weighted by molar-refractivity contribution is 7.22. The molecule has 1 aromatic carbocycles. The summed E-state index contributed by atoms with van der Waals surface area (Å²) in [7, 11) is 0. The third kappa shape index (κ3) is 3.69. The first kappa shape index (κ1) is 15.1. The zero-order valence-corrected chi connectivity index (χ0v) is 13.1. The van der Waals surface area contributed by atoms with Gasteiger partial charge in [0.2, 0.25) is 11.8 Å². The van der Waals surface area contributed by atoms with Gasteiger partial charge in [0.15, 0.2) is 10.9 Å². The van der Waals surface area contributed by atoms with Crippen LogP contribution in [0.4, 0.5) is 10.9 Å². The predicted molar refractivity (Wildman–Crippen MR) is 87.2 cm³/mol. The molecule has 2 heterocycles. The van der Waals surface area contributed by atoms with Gasteiger partial charge in [-0.3, -0.25) is 9.59 Å². The molecule has 0 aliphatic rings. The molecule has 3 rings (SSSR count). The number of hydrogen-bond acceptors (Lipinski definition) is 6. The lowest BCUT2D eigenvalue weighted by molar-refractivity contribution is -0.117. The molecule has 0 saturated heterocycles. The Kier molecular flexibility index (Phi) is 4.29. The molecule has 0 spiro atoms. The van der Waals surface area contributed by atoms with Gasteiger partial charge in [-0.15, -0.1) is 5.10 Å². The van der Waals surface area contributed by atoms with E-state index in [1.807, 2.05) is 24.3 Å². The first-order valence-corrected chi connectivity index (χ1v) is 7.81. The predicted octanol–water partition coefficient (Wildman–Crippen LogP) is 1.87. The fraction of sp³-hybridized carbons (Fsp3) is 0.214. The van der Waals surface area contributed by atoms with Crippen molar-refractivity contribution in [3.05, 3.63) is 30.5 Å². The minimum atomic E-state index is -0.262. The van der Waals surface area contributed by atoms with Crippen LogP contribution in [-0.4, -0.2) is 31.8 Å². The number of anilines is 2. The van der Waals surface area contributed by atoms with Crippen LogP contribution in [0.2, 0.25) is 0 Å². The minimum Gasteiger partial charge on any atom is -0.308 e. The van der Waals surface area contributed by atoms with E-state index in [2.05, 4.69) is 25.9 Å². The average Bonchev–Trinajstić information content (AvgIpc) is 3.12. The Bertz CT molecular complexity index is 823. The number of para-hydroxylation sites is 1. The summed E-state index contributed by atoms with van der Waals surface area (Å²) in [6, 6.07) is 7.66. The van der Waals surface area contributed by atoms with E-state index in [0.717, 1.165) is 10.2 Å². The smallest absolute Gasteiger partial charge is 0.247 e. The van der Waals surface area contributed by atoms with Gasteiger partial charge in [-0.05, 0) is 12.1 Å². The van der Waals surface area contributed by atoms with Crippen molar-refractivity contribution in [2.45, 2.75) is 19.9 Å². The standard InChI is InChI=1S/C14H14N6O2S/c1-2-12(21)16-11-7-20(19-18-11)8-13(22)17-14-15-9-5-3-4-6-10(9)23-14/h3-7H,2,8H2,1H3,(H,16,21)(H,15,17,22). The van der Waals surface area contributed by atoms with Gasteiger partial charge >= 0.3 is 0 Å². The van der Waals surface area contributed by atoms with Gasteiger partial charge in [0.25, 0.3) is 0 Å². The summed E-state index contributed by atoms with van der Waals surface area (Å²) >= 11 is 1.41. The molecule has 0 aliphatic heterocycles. The molecule has 8 nitrogen and oxygen atoms in total. The van der Waals surface area contributed by atoms with Gasteiger partial charge in [-0.2, -0.15) is 0 Å². The van der Waals surface area contributed by atoms with E-state index >= 15 is 0 Å². The number of fused-ring (bicyclic) bond motifs is 1. The van der Waals surface area contributed by atoms with Crippen LogP contribution in [0.1, 0.15) is 13.3 Å². The Labute approximate surface area is 135 Å². The van der Waals surface area contributed by atoms with Crippen LogP contribution in [0.25, 0.3) is 10.2 Å². The normalized spacial score (nSPS) is 10.7. The van der Waals surface area contributed by atoms with Crippen molar-refractivity contribution in [2.24, 2.45) is 0 Å². The summed E-state index contributed by atoms with van der Waals surface area (Å²) in [5.41, 5.74) is 0.845. The van der Waals surface area contributed by atoms with E-state index in [4.69, 9.17) is 0 Å². The Morgan fingerprint density at radius 1 is 1.22 bits per heavy atom. The average molecular weight is 330 g/mol. The molecule has 0 aliphatic carbocycles. The SMILES string of the molecule is CCC(=O)Nc1cn(CC(=O)Nc2nc3ccccc3s2)nn1. The second-order valence-electron chi connectivity index (χ2n) is 4.74. The Hall–Kier alpha value is -2.81. The van der Waals surface area contributed by atoms with Crippen molar-refractivity contribution < 1.29 is 9.59 Å². The third-order valence-corrected chi connectivity index (χ3v) is 3.92. The van der Waals surface area contributed by atoms with Crippen LogP contribution in [0.5, 0.6) is 0 Å². The highest BCUT2D eigenvalue weighted by atomic mass is 32.1. The van der Waals surface area contributed by atoms with Crippen molar-refractivity contribution in [3.63, 3.8) is 0 Å². The fourth-order valence-electron chi connectivity index (χ4n) is 1.90. The van der Waals surface area contributed by atoms with E-state index in [1.54, 1.807) is 6.92 Å². The van der Waals surface area contributed by atoms with Gasteiger partial charge in [-0.25, -0.2) is 9.67 Å². The second kappa shape index (κ2) is 6.53. The number of carbonyl (C=O) groups is 2. The van der Waals surface area contributed by atoms with E-state index in [0.29, 0.717) is 17.4 Å². The van der Waals surface area contributed by atoms with Gasteiger partial charge in [-0.1, -0.05) is 35.6 Å². The topological polar surface area (TPSA) is 102 Å². The Morgan fingerprint density at radius 2 is 2.04 bits per heavy atom. The molecule has 0 saturated carbocycles. The number of aromatic nitrogens is 4. The maximum atomic E-state index is 12.0. The summed E-state index contributed by atoms with van der Waals surface area (Å²) in [5.74, 6) is -0.0945. The molecule has 2 amide bonds. The third-order valence-electron chi connectivity index (χ3n) is 2.97. The summed E-state index contributed by atoms with van der Waals surface area (Å²) in [5, 5.41) is 13.4. The van der Waals surface area contributed by atoms with E-state index in [-0.39, 0.29) is 18.4 Å². The number of benzene rings is 1. The van der Waals surface area contributed by atoms with E-state index in [1.165, 1.54) is 22.2 Å². The zero-order valence-electron chi connectivity index (χ0n) is 12.3. The highest BCUT2D eigenvalue weighted by Crippen LogP contribution is 2.25. The van der Waals surface area contributed by atoms with Gasteiger partial charge < -0.3 is 10.6 Å². The monoisotopic (exact) mass is 330 g/mol. The van der Waals surface area contributed by atoms with E-state index < -0.39 is 0 Å². The van der Waals surface area contributed by atoms with Crippen LogP contribution in [0.15, 0.2) is 30.5 Å². The lowest BCUT2D eigenvalue weighted by Gasteiger charge is -2.00. The van der Waals surface area contributed by atoms with Crippen molar-refractivity contribution >= 4 is 44.3 Å². The lowest BCUT2D eigenvalue weighted by atomic mass is 10.3. The Morgan fingerprint density at radius 3 is 2.83 bits per heavy atom. The summed E-state index contributed by atoms with van der Waals surface area (Å²) < 4.78 is 2.36. The zero-order chi connectivity index (χ0) is 16.2. The molecule has 3 aromatic rings. The molecule has 23 heavy (non-hydrogen) atoms. The molecule has 9 heteroatoms. The first-order valence-electron chi connectivity index (χ1n) is 6.99. The maximum absolute atomic E-state index is 12.0. The van der Waals surface area contributed by atoms with Crippen LogP contribution in [0.3, 0.4) is 0 Å². The fourth-order valence-corrected chi connectivity index (χ4v) is 2.78. The van der Waals surface area contributed by atoms with Crippen molar-refractivity contribution in [2.75, 3.05) is 10.6 Å². The number of hydrogen-bond donors (Lipinski definition) is 2. The van der Waals surface area contributed by atoms with Crippen LogP contribution >= 0.6 is 11.3 Å². The van der Waals surface area contributed by atoms with Crippen molar-refractivity contribution in [1.29, 1.82) is 0 Å².